The zero-order chi connectivity index (χ0) is 19.8. The topological polar surface area (TPSA) is 83.9 Å². The van der Waals surface area contributed by atoms with E-state index in [2.05, 4.69) is 15.1 Å². The number of benzene rings is 1. The van der Waals surface area contributed by atoms with Crippen LogP contribution in [0.3, 0.4) is 0 Å². The maximum Gasteiger partial charge on any atom is 0.266 e. The van der Waals surface area contributed by atoms with Crippen LogP contribution >= 0.6 is 0 Å². The monoisotopic (exact) mass is 385 g/mol. The van der Waals surface area contributed by atoms with Crippen molar-refractivity contribution >= 4 is 16.8 Å². The van der Waals surface area contributed by atoms with Gasteiger partial charge in [0, 0.05) is 60.3 Å². The predicted octanol–water partition coefficient (Wildman–Crippen LogP) is 2.56. The number of amides is 1. The van der Waals surface area contributed by atoms with Gasteiger partial charge in [-0.15, -0.1) is 0 Å². The molecule has 0 bridgehead atoms. The van der Waals surface area contributed by atoms with Gasteiger partial charge in [0.2, 0.25) is 0 Å². The Balaban J connectivity index is 1.27. The average molecular weight is 385 g/mol. The molecule has 0 unspecified atom stereocenters. The molecule has 144 valence electrons. The van der Waals surface area contributed by atoms with Crippen LogP contribution in [-0.4, -0.2) is 43.6 Å². The lowest BCUT2D eigenvalue weighted by Gasteiger charge is -2.39. The minimum absolute atomic E-state index is 0.0172. The molecule has 0 atom stereocenters. The molecule has 1 N–H and O–H groups in total. The van der Waals surface area contributed by atoms with Crippen molar-refractivity contribution in [3.63, 3.8) is 0 Å². The first kappa shape index (κ1) is 17.4. The third-order valence-corrected chi connectivity index (χ3v) is 5.32. The van der Waals surface area contributed by atoms with Crippen LogP contribution in [0.5, 0.6) is 0 Å². The molecule has 5 rings (SSSR count). The standard InChI is InChI=1S/C22H19N5O2/c28-21-4-3-19(17-5-8-23-9-6-17)25-27(21)14-15-12-26(13-15)22(29)18-2-1-16-7-10-24-20(16)11-18/h1-11,15,24H,12-14H2. The molecule has 7 nitrogen and oxygen atoms in total. The summed E-state index contributed by atoms with van der Waals surface area (Å²) in [6.45, 7) is 1.74. The number of rotatable bonds is 4. The minimum atomic E-state index is -0.134. The Hall–Kier alpha value is -3.74. The quantitative estimate of drug-likeness (QED) is 0.585. The van der Waals surface area contributed by atoms with Gasteiger partial charge in [0.15, 0.2) is 0 Å². The fourth-order valence-electron chi connectivity index (χ4n) is 3.72. The Morgan fingerprint density at radius 2 is 1.90 bits per heavy atom. The van der Waals surface area contributed by atoms with Gasteiger partial charge in [-0.05, 0) is 41.8 Å². The van der Waals surface area contributed by atoms with Crippen LogP contribution in [0.25, 0.3) is 22.2 Å². The molecule has 0 radical (unpaired) electrons. The fourth-order valence-corrected chi connectivity index (χ4v) is 3.72. The van der Waals surface area contributed by atoms with Crippen LogP contribution in [0.1, 0.15) is 10.4 Å². The summed E-state index contributed by atoms with van der Waals surface area (Å²) >= 11 is 0. The lowest BCUT2D eigenvalue weighted by molar-refractivity contribution is 0.0459. The van der Waals surface area contributed by atoms with Crippen molar-refractivity contribution in [2.45, 2.75) is 6.54 Å². The number of aromatic amines is 1. The molecule has 1 aromatic carbocycles. The van der Waals surface area contributed by atoms with Crippen molar-refractivity contribution in [1.82, 2.24) is 24.6 Å². The SMILES string of the molecule is O=C(c1ccc2cc[nH]c2c1)N1CC(Cn2nc(-c3ccncc3)ccc2=O)C1. The summed E-state index contributed by atoms with van der Waals surface area (Å²) in [6, 6.07) is 14.7. The van der Waals surface area contributed by atoms with E-state index in [1.807, 2.05) is 47.5 Å². The summed E-state index contributed by atoms with van der Waals surface area (Å²) in [5, 5.41) is 5.58. The van der Waals surface area contributed by atoms with Crippen molar-refractivity contribution in [1.29, 1.82) is 0 Å². The second-order valence-electron chi connectivity index (χ2n) is 7.33. The number of aromatic nitrogens is 4. The second-order valence-corrected chi connectivity index (χ2v) is 7.33. The number of H-pyrrole nitrogens is 1. The Kier molecular flexibility index (Phi) is 4.20. The minimum Gasteiger partial charge on any atom is -0.361 e. The van der Waals surface area contributed by atoms with Gasteiger partial charge in [-0.1, -0.05) is 6.07 Å². The lowest BCUT2D eigenvalue weighted by atomic mass is 9.98. The molecule has 4 heterocycles. The Labute approximate surface area is 166 Å². The number of pyridine rings is 1. The van der Waals surface area contributed by atoms with Crippen LogP contribution in [0, 0.1) is 5.92 Å². The van der Waals surface area contributed by atoms with Gasteiger partial charge in [0.05, 0.1) is 12.2 Å². The molecule has 1 aliphatic heterocycles. The molecule has 1 saturated heterocycles. The first-order chi connectivity index (χ1) is 14.2. The number of carbonyl (C=O) groups is 1. The number of carbonyl (C=O) groups excluding carboxylic acids is 1. The highest BCUT2D eigenvalue weighted by Gasteiger charge is 2.32. The van der Waals surface area contributed by atoms with Gasteiger partial charge in [0.25, 0.3) is 11.5 Å². The predicted molar refractivity (Wildman–Crippen MR) is 109 cm³/mol. The molecule has 0 spiro atoms. The third kappa shape index (κ3) is 3.31. The summed E-state index contributed by atoms with van der Waals surface area (Å²) in [5.41, 5.74) is 3.15. The molecule has 29 heavy (non-hydrogen) atoms. The summed E-state index contributed by atoms with van der Waals surface area (Å²) in [5.74, 6) is 0.231. The van der Waals surface area contributed by atoms with E-state index < -0.39 is 0 Å². The highest BCUT2D eigenvalue weighted by molar-refractivity contribution is 5.98. The number of nitrogens with zero attached hydrogens (tertiary/aromatic N) is 4. The van der Waals surface area contributed by atoms with E-state index in [-0.39, 0.29) is 17.4 Å². The van der Waals surface area contributed by atoms with Crippen LogP contribution in [0.15, 0.2) is 71.9 Å². The molecule has 4 aromatic rings. The smallest absolute Gasteiger partial charge is 0.266 e. The molecule has 0 aliphatic carbocycles. The number of fused-ring (bicyclic) bond motifs is 1. The number of likely N-dealkylation sites (tertiary alicyclic amines) is 1. The van der Waals surface area contributed by atoms with Gasteiger partial charge in [-0.3, -0.25) is 14.6 Å². The van der Waals surface area contributed by atoms with Crippen LogP contribution < -0.4 is 5.56 Å². The van der Waals surface area contributed by atoms with Crippen molar-refractivity contribution in [2.24, 2.45) is 5.92 Å². The highest BCUT2D eigenvalue weighted by Crippen LogP contribution is 2.22. The maximum atomic E-state index is 12.7. The van der Waals surface area contributed by atoms with E-state index >= 15 is 0 Å². The summed E-state index contributed by atoms with van der Waals surface area (Å²) in [6.07, 6.45) is 5.27. The lowest BCUT2D eigenvalue weighted by Crippen LogP contribution is -2.52. The van der Waals surface area contributed by atoms with E-state index in [0.717, 1.165) is 22.2 Å². The number of hydrogen-bond donors (Lipinski definition) is 1. The summed E-state index contributed by atoms with van der Waals surface area (Å²) in [7, 11) is 0. The zero-order valence-electron chi connectivity index (χ0n) is 15.7. The summed E-state index contributed by atoms with van der Waals surface area (Å²) < 4.78 is 1.49. The van der Waals surface area contributed by atoms with E-state index in [1.165, 1.54) is 10.7 Å². The van der Waals surface area contributed by atoms with Crippen LogP contribution in [-0.2, 0) is 6.54 Å². The van der Waals surface area contributed by atoms with Crippen molar-refractivity contribution in [3.05, 3.63) is 83.0 Å². The van der Waals surface area contributed by atoms with Crippen molar-refractivity contribution in [2.75, 3.05) is 13.1 Å². The summed E-state index contributed by atoms with van der Waals surface area (Å²) in [4.78, 5) is 33.9. The van der Waals surface area contributed by atoms with Crippen LogP contribution in [0.4, 0.5) is 0 Å². The molecule has 1 aliphatic rings. The van der Waals surface area contributed by atoms with E-state index in [4.69, 9.17) is 0 Å². The largest absolute Gasteiger partial charge is 0.361 e. The first-order valence-electron chi connectivity index (χ1n) is 9.52. The van der Waals surface area contributed by atoms with Gasteiger partial charge >= 0.3 is 0 Å². The highest BCUT2D eigenvalue weighted by atomic mass is 16.2. The Morgan fingerprint density at radius 3 is 2.72 bits per heavy atom. The second kappa shape index (κ2) is 7.01. The molecular formula is C22H19N5O2. The van der Waals surface area contributed by atoms with E-state index in [9.17, 15) is 9.59 Å². The molecule has 7 heteroatoms. The van der Waals surface area contributed by atoms with Crippen molar-refractivity contribution in [3.8, 4) is 11.3 Å². The number of nitrogens with one attached hydrogen (secondary N) is 1. The molecule has 1 fully saturated rings. The van der Waals surface area contributed by atoms with Gasteiger partial charge in [-0.25, -0.2) is 4.68 Å². The van der Waals surface area contributed by atoms with Gasteiger partial charge < -0.3 is 9.88 Å². The first-order valence-corrected chi connectivity index (χ1v) is 9.52. The zero-order valence-corrected chi connectivity index (χ0v) is 15.7. The van der Waals surface area contributed by atoms with Gasteiger partial charge in [-0.2, -0.15) is 5.10 Å². The molecule has 3 aromatic heterocycles. The molecule has 0 saturated carbocycles. The normalized spacial score (nSPS) is 14.1. The molecular weight excluding hydrogens is 366 g/mol. The third-order valence-electron chi connectivity index (χ3n) is 5.32. The Morgan fingerprint density at radius 1 is 1.07 bits per heavy atom. The Bertz CT molecular complexity index is 1240. The van der Waals surface area contributed by atoms with E-state index in [0.29, 0.717) is 25.2 Å². The maximum absolute atomic E-state index is 12.7. The van der Waals surface area contributed by atoms with Gasteiger partial charge in [0.1, 0.15) is 0 Å². The van der Waals surface area contributed by atoms with E-state index in [1.54, 1.807) is 18.5 Å². The molecule has 1 amide bonds. The van der Waals surface area contributed by atoms with Crippen molar-refractivity contribution < 1.29 is 4.79 Å². The van der Waals surface area contributed by atoms with Crippen LogP contribution in [0.2, 0.25) is 0 Å². The number of hydrogen-bond acceptors (Lipinski definition) is 4. The fraction of sp³-hybridized carbons (Fsp3) is 0.182. The average Bonchev–Trinajstić information content (AvgIpc) is 3.19.